The minimum Gasteiger partial charge on any atom is -0.462 e. The van der Waals surface area contributed by atoms with Gasteiger partial charge in [0, 0.05) is 40.3 Å². The smallest absolute Gasteiger partial charge is 0.303 e. The van der Waals surface area contributed by atoms with E-state index in [9.17, 15) is 28.8 Å². The Kier molecular flexibility index (Phi) is 13.7. The van der Waals surface area contributed by atoms with Crippen LogP contribution in [0.2, 0.25) is 0 Å². The summed E-state index contributed by atoms with van der Waals surface area (Å²) < 4.78 is 25.8. The molecule has 39 heavy (non-hydrogen) atoms. The standard InChI is InChI=1S/C25H33N3O11/c1-14-7-9-20(10-8-14)26-12-23(34)28-27-11-21(36-16(3)30)24(38-18(5)32)25(39-19(6)33)22(37-17(4)31)13-35-15(2)29/h7-11,21-22,24-26H,12-13H2,1-6H3,(H,28,34)/b27-11+/t21-,22+,24+,25-/m0/s1. The van der Waals surface area contributed by atoms with Crippen molar-refractivity contribution in [1.82, 2.24) is 5.43 Å². The van der Waals surface area contributed by atoms with E-state index < -0.39 is 66.8 Å². The Morgan fingerprint density at radius 2 is 1.31 bits per heavy atom. The van der Waals surface area contributed by atoms with Gasteiger partial charge in [-0.1, -0.05) is 17.7 Å². The van der Waals surface area contributed by atoms with Crippen molar-refractivity contribution in [3.8, 4) is 0 Å². The third kappa shape index (κ3) is 13.6. The van der Waals surface area contributed by atoms with Gasteiger partial charge in [0.1, 0.15) is 6.61 Å². The Balaban J connectivity index is 3.22. The molecular weight excluding hydrogens is 518 g/mol. The number of amides is 1. The number of hydrogen-bond donors (Lipinski definition) is 2. The van der Waals surface area contributed by atoms with Crippen LogP contribution in [0.4, 0.5) is 5.69 Å². The first-order chi connectivity index (χ1) is 18.3. The van der Waals surface area contributed by atoms with E-state index in [1.807, 2.05) is 19.1 Å². The lowest BCUT2D eigenvalue weighted by atomic mass is 10.0. The van der Waals surface area contributed by atoms with Gasteiger partial charge in [0.2, 0.25) is 0 Å². The van der Waals surface area contributed by atoms with Gasteiger partial charge in [0.15, 0.2) is 24.4 Å². The maximum Gasteiger partial charge on any atom is 0.303 e. The molecule has 0 saturated carbocycles. The van der Waals surface area contributed by atoms with Crippen LogP contribution in [0, 0.1) is 6.92 Å². The maximum absolute atomic E-state index is 12.2. The highest BCUT2D eigenvalue weighted by Gasteiger charge is 2.43. The highest BCUT2D eigenvalue weighted by atomic mass is 16.6. The van der Waals surface area contributed by atoms with Crippen LogP contribution in [0.5, 0.6) is 0 Å². The minimum atomic E-state index is -1.64. The van der Waals surface area contributed by atoms with E-state index in [0.29, 0.717) is 5.69 Å². The summed E-state index contributed by atoms with van der Waals surface area (Å²) in [5.41, 5.74) is 3.97. The third-order valence-corrected chi connectivity index (χ3v) is 4.60. The number of nitrogens with zero attached hydrogens (tertiary/aromatic N) is 1. The van der Waals surface area contributed by atoms with Crippen LogP contribution in [0.3, 0.4) is 0 Å². The van der Waals surface area contributed by atoms with Crippen molar-refractivity contribution in [2.45, 2.75) is 66.0 Å². The molecule has 0 heterocycles. The van der Waals surface area contributed by atoms with Gasteiger partial charge in [0.25, 0.3) is 5.91 Å². The molecule has 0 aliphatic carbocycles. The molecule has 0 unspecified atom stereocenters. The summed E-state index contributed by atoms with van der Waals surface area (Å²) in [5, 5.41) is 6.67. The van der Waals surface area contributed by atoms with Gasteiger partial charge in [-0.15, -0.1) is 0 Å². The molecule has 1 aromatic carbocycles. The molecule has 4 atom stereocenters. The highest BCUT2D eigenvalue weighted by molar-refractivity contribution is 5.82. The molecule has 0 bridgehead atoms. The van der Waals surface area contributed by atoms with Gasteiger partial charge in [-0.25, -0.2) is 5.43 Å². The number of hydrogen-bond acceptors (Lipinski definition) is 13. The predicted molar refractivity (Wildman–Crippen MR) is 135 cm³/mol. The molecule has 0 aromatic heterocycles. The third-order valence-electron chi connectivity index (χ3n) is 4.60. The number of aryl methyl sites for hydroxylation is 1. The fourth-order valence-electron chi connectivity index (χ4n) is 3.12. The average molecular weight is 552 g/mol. The summed E-state index contributed by atoms with van der Waals surface area (Å²) in [4.78, 5) is 71.1. The number of nitrogens with one attached hydrogen (secondary N) is 2. The largest absolute Gasteiger partial charge is 0.462 e. The number of ether oxygens (including phenoxy) is 5. The van der Waals surface area contributed by atoms with Crippen LogP contribution in [0.25, 0.3) is 0 Å². The molecule has 0 fully saturated rings. The molecule has 14 heteroatoms. The Hall–Kier alpha value is -4.49. The van der Waals surface area contributed by atoms with E-state index in [1.165, 1.54) is 0 Å². The van der Waals surface area contributed by atoms with Gasteiger partial charge in [-0.2, -0.15) is 5.10 Å². The summed E-state index contributed by atoms with van der Waals surface area (Å²) in [6, 6.07) is 7.30. The second-order valence-corrected chi connectivity index (χ2v) is 8.21. The summed E-state index contributed by atoms with van der Waals surface area (Å²) in [5.74, 6) is -4.76. The second-order valence-electron chi connectivity index (χ2n) is 8.21. The van der Waals surface area contributed by atoms with E-state index in [4.69, 9.17) is 23.7 Å². The Morgan fingerprint density at radius 3 is 1.82 bits per heavy atom. The summed E-state index contributed by atoms with van der Waals surface area (Å²) >= 11 is 0. The first-order valence-corrected chi connectivity index (χ1v) is 11.7. The number of esters is 5. The number of hydrazone groups is 1. The number of carbonyl (C=O) groups excluding carboxylic acids is 6. The number of rotatable bonds is 14. The van der Waals surface area contributed by atoms with Crippen molar-refractivity contribution in [3.63, 3.8) is 0 Å². The number of benzene rings is 1. The molecule has 0 radical (unpaired) electrons. The molecule has 0 aliphatic heterocycles. The zero-order valence-corrected chi connectivity index (χ0v) is 22.5. The normalized spacial score (nSPS) is 13.7. The van der Waals surface area contributed by atoms with Crippen molar-refractivity contribution in [1.29, 1.82) is 0 Å². The summed E-state index contributed by atoms with van der Waals surface area (Å²) in [7, 11) is 0. The van der Waals surface area contributed by atoms with Crippen molar-refractivity contribution in [2.24, 2.45) is 5.10 Å². The minimum absolute atomic E-state index is 0.154. The van der Waals surface area contributed by atoms with Crippen LogP contribution in [-0.2, 0) is 52.5 Å². The topological polar surface area (TPSA) is 185 Å². The Labute approximate surface area is 225 Å². The molecule has 214 valence electrons. The molecule has 14 nitrogen and oxygen atoms in total. The van der Waals surface area contributed by atoms with Crippen LogP contribution in [0.15, 0.2) is 29.4 Å². The van der Waals surface area contributed by atoms with Gasteiger partial charge >= 0.3 is 29.8 Å². The predicted octanol–water partition coefficient (Wildman–Crippen LogP) is 0.799. The molecule has 2 N–H and O–H groups in total. The van der Waals surface area contributed by atoms with E-state index >= 15 is 0 Å². The fraction of sp³-hybridized carbons (Fsp3) is 0.480. The fourth-order valence-corrected chi connectivity index (χ4v) is 3.12. The van der Waals surface area contributed by atoms with Crippen molar-refractivity contribution in [2.75, 3.05) is 18.5 Å². The molecule has 1 amide bonds. The van der Waals surface area contributed by atoms with Crippen LogP contribution in [0.1, 0.15) is 40.2 Å². The average Bonchev–Trinajstić information content (AvgIpc) is 2.82. The van der Waals surface area contributed by atoms with Gasteiger partial charge in [-0.3, -0.25) is 28.8 Å². The molecule has 0 spiro atoms. The van der Waals surface area contributed by atoms with Gasteiger partial charge in [0.05, 0.1) is 12.8 Å². The zero-order valence-electron chi connectivity index (χ0n) is 22.5. The monoisotopic (exact) mass is 551 g/mol. The maximum atomic E-state index is 12.2. The van der Waals surface area contributed by atoms with Crippen LogP contribution in [-0.4, -0.2) is 79.5 Å². The van der Waals surface area contributed by atoms with E-state index in [2.05, 4.69) is 15.8 Å². The van der Waals surface area contributed by atoms with Crippen LogP contribution < -0.4 is 10.7 Å². The first-order valence-electron chi connectivity index (χ1n) is 11.7. The van der Waals surface area contributed by atoms with E-state index in [-0.39, 0.29) is 6.54 Å². The SMILES string of the molecule is CC(=O)OC[C@@H](OC(C)=O)[C@H](OC(C)=O)[C@H](OC(C)=O)[C@H](/C=N/NC(=O)CNc1ccc(C)cc1)OC(C)=O. The van der Waals surface area contributed by atoms with E-state index in [1.54, 1.807) is 12.1 Å². The van der Waals surface area contributed by atoms with Crippen molar-refractivity contribution < 1.29 is 52.5 Å². The summed E-state index contributed by atoms with van der Waals surface area (Å²) in [6.07, 6.45) is -5.34. The number of carbonyl (C=O) groups is 6. The zero-order chi connectivity index (χ0) is 29.5. The van der Waals surface area contributed by atoms with Crippen molar-refractivity contribution >= 4 is 47.7 Å². The first kappa shape index (κ1) is 32.5. The lowest BCUT2D eigenvalue weighted by Crippen LogP contribution is -2.53. The highest BCUT2D eigenvalue weighted by Crippen LogP contribution is 2.19. The Bertz CT molecular complexity index is 1060. The molecule has 0 aliphatic rings. The lowest BCUT2D eigenvalue weighted by molar-refractivity contribution is -0.197. The quantitative estimate of drug-likeness (QED) is 0.144. The van der Waals surface area contributed by atoms with Gasteiger partial charge in [-0.05, 0) is 19.1 Å². The Morgan fingerprint density at radius 1 is 0.769 bits per heavy atom. The number of anilines is 1. The summed E-state index contributed by atoms with van der Waals surface area (Å²) in [6.45, 7) is 6.45. The van der Waals surface area contributed by atoms with E-state index in [0.717, 1.165) is 46.4 Å². The molecular formula is C25H33N3O11. The van der Waals surface area contributed by atoms with Crippen LogP contribution >= 0.6 is 0 Å². The lowest BCUT2D eigenvalue weighted by Gasteiger charge is -2.34. The molecule has 0 saturated heterocycles. The second kappa shape index (κ2) is 16.4. The van der Waals surface area contributed by atoms with Crippen molar-refractivity contribution in [3.05, 3.63) is 29.8 Å². The van der Waals surface area contributed by atoms with Gasteiger partial charge < -0.3 is 29.0 Å². The molecule has 1 aromatic rings. The molecule has 1 rings (SSSR count).